The molecule has 0 unspecified atom stereocenters. The van der Waals surface area contributed by atoms with Gasteiger partial charge in [0.2, 0.25) is 0 Å². The van der Waals surface area contributed by atoms with Crippen LogP contribution in [0.5, 0.6) is 0 Å². The van der Waals surface area contributed by atoms with Crippen LogP contribution in [0.3, 0.4) is 0 Å². The van der Waals surface area contributed by atoms with Crippen LogP contribution in [-0.4, -0.2) is 35.3 Å². The summed E-state index contributed by atoms with van der Waals surface area (Å²) in [5, 5.41) is 0.967. The number of nitrogen functional groups attached to an aromatic ring is 1. The van der Waals surface area contributed by atoms with Crippen molar-refractivity contribution in [2.75, 3.05) is 19.3 Å². The van der Waals surface area contributed by atoms with E-state index >= 15 is 0 Å². The predicted octanol–water partition coefficient (Wildman–Crippen LogP) is 2.03. The summed E-state index contributed by atoms with van der Waals surface area (Å²) < 4.78 is 0. The van der Waals surface area contributed by atoms with E-state index in [4.69, 9.17) is 5.73 Å². The van der Waals surface area contributed by atoms with Gasteiger partial charge in [-0.1, -0.05) is 6.07 Å². The van der Waals surface area contributed by atoms with Crippen molar-refractivity contribution in [2.24, 2.45) is 0 Å². The molecule has 0 aliphatic carbocycles. The number of anilines is 1. The number of H-pyrrole nitrogens is 1. The largest absolute Gasteiger partial charge is 0.399 e. The van der Waals surface area contributed by atoms with Gasteiger partial charge in [-0.3, -0.25) is 9.69 Å². The molecule has 1 aromatic carbocycles. The van der Waals surface area contributed by atoms with Crippen molar-refractivity contribution in [3.05, 3.63) is 30.0 Å². The fraction of sp³-hybridized carbons (Fsp3) is 0.357. The summed E-state index contributed by atoms with van der Waals surface area (Å²) in [6, 6.07) is 5.65. The maximum Gasteiger partial charge on any atom is 0.182 e. The lowest BCUT2D eigenvalue weighted by Gasteiger charge is -2.17. The number of likely N-dealkylation sites (tertiary alicyclic amines) is 1. The topological polar surface area (TPSA) is 62.1 Å². The van der Waals surface area contributed by atoms with E-state index in [1.54, 1.807) is 6.20 Å². The van der Waals surface area contributed by atoms with Crippen molar-refractivity contribution in [1.29, 1.82) is 0 Å². The Morgan fingerprint density at radius 3 is 3.06 bits per heavy atom. The normalized spacial score (nSPS) is 20.6. The second kappa shape index (κ2) is 4.14. The van der Waals surface area contributed by atoms with Gasteiger partial charge in [0.25, 0.3) is 0 Å². The first-order chi connectivity index (χ1) is 8.66. The maximum absolute atomic E-state index is 12.5. The molecule has 0 saturated carbocycles. The van der Waals surface area contributed by atoms with Crippen LogP contribution >= 0.6 is 0 Å². The van der Waals surface area contributed by atoms with E-state index in [0.717, 1.165) is 35.9 Å². The van der Waals surface area contributed by atoms with Crippen LogP contribution in [0, 0.1) is 0 Å². The smallest absolute Gasteiger partial charge is 0.182 e. The minimum atomic E-state index is 0.0292. The van der Waals surface area contributed by atoms with Gasteiger partial charge < -0.3 is 10.7 Å². The number of hydrogen-bond donors (Lipinski definition) is 2. The monoisotopic (exact) mass is 243 g/mol. The molecule has 0 amide bonds. The zero-order valence-corrected chi connectivity index (χ0v) is 10.4. The molecule has 4 heteroatoms. The van der Waals surface area contributed by atoms with E-state index in [2.05, 4.69) is 9.88 Å². The third-order valence-corrected chi connectivity index (χ3v) is 3.79. The molecular formula is C14H17N3O. The summed E-state index contributed by atoms with van der Waals surface area (Å²) in [5.74, 6) is 0.214. The number of benzene rings is 1. The number of aromatic amines is 1. The summed E-state index contributed by atoms with van der Waals surface area (Å²) in [5.41, 5.74) is 8.16. The molecule has 3 rings (SSSR count). The van der Waals surface area contributed by atoms with E-state index in [9.17, 15) is 4.79 Å². The first-order valence-corrected chi connectivity index (χ1v) is 6.28. The van der Waals surface area contributed by atoms with Gasteiger partial charge in [-0.05, 0) is 38.6 Å². The fourth-order valence-corrected chi connectivity index (χ4v) is 2.77. The van der Waals surface area contributed by atoms with Crippen LogP contribution < -0.4 is 5.73 Å². The molecule has 1 atom stereocenters. The van der Waals surface area contributed by atoms with Gasteiger partial charge in [-0.15, -0.1) is 0 Å². The van der Waals surface area contributed by atoms with Crippen LogP contribution in [0.2, 0.25) is 0 Å². The van der Waals surface area contributed by atoms with Crippen LogP contribution in [0.4, 0.5) is 5.69 Å². The summed E-state index contributed by atoms with van der Waals surface area (Å²) in [6.45, 7) is 1.01. The van der Waals surface area contributed by atoms with E-state index in [-0.39, 0.29) is 11.8 Å². The van der Waals surface area contributed by atoms with E-state index in [0.29, 0.717) is 5.69 Å². The highest BCUT2D eigenvalue weighted by atomic mass is 16.1. The lowest BCUT2D eigenvalue weighted by Crippen LogP contribution is -2.32. The molecule has 1 aliphatic rings. The number of ketones is 1. The Morgan fingerprint density at radius 1 is 1.50 bits per heavy atom. The lowest BCUT2D eigenvalue weighted by molar-refractivity contribution is 0.0892. The summed E-state index contributed by atoms with van der Waals surface area (Å²) in [6.07, 6.45) is 3.86. The van der Waals surface area contributed by atoms with E-state index in [1.165, 1.54) is 0 Å². The molecule has 94 valence electrons. The highest BCUT2D eigenvalue weighted by molar-refractivity contribution is 6.10. The highest BCUT2D eigenvalue weighted by Crippen LogP contribution is 2.25. The number of rotatable bonds is 2. The molecule has 1 aromatic heterocycles. The van der Waals surface area contributed by atoms with Crippen molar-refractivity contribution >= 4 is 22.4 Å². The van der Waals surface area contributed by atoms with Crippen LogP contribution in [0.15, 0.2) is 24.4 Å². The zero-order valence-electron chi connectivity index (χ0n) is 10.4. The van der Waals surface area contributed by atoms with E-state index in [1.807, 2.05) is 25.2 Å². The number of nitrogens with zero attached hydrogens (tertiary/aromatic N) is 1. The molecule has 0 bridgehead atoms. The summed E-state index contributed by atoms with van der Waals surface area (Å²) >= 11 is 0. The Bertz CT molecular complexity index is 602. The van der Waals surface area contributed by atoms with Crippen molar-refractivity contribution in [3.63, 3.8) is 0 Å². The Kier molecular flexibility index (Phi) is 2.59. The molecule has 1 saturated heterocycles. The quantitative estimate of drug-likeness (QED) is 0.626. The van der Waals surface area contributed by atoms with Gasteiger partial charge in [-0.25, -0.2) is 0 Å². The average Bonchev–Trinajstić information content (AvgIpc) is 2.94. The molecule has 1 aliphatic heterocycles. The number of aromatic nitrogens is 1. The van der Waals surface area contributed by atoms with Gasteiger partial charge in [0.15, 0.2) is 5.78 Å². The fourth-order valence-electron chi connectivity index (χ4n) is 2.77. The average molecular weight is 243 g/mol. The number of fused-ring (bicyclic) bond motifs is 1. The second-order valence-electron chi connectivity index (χ2n) is 5.01. The first-order valence-electron chi connectivity index (χ1n) is 6.28. The van der Waals surface area contributed by atoms with Crippen LogP contribution in [-0.2, 0) is 0 Å². The third kappa shape index (κ3) is 1.69. The number of Topliss-reactive ketones (excluding diaryl/α,β-unsaturated/α-hetero) is 1. The SMILES string of the molecule is CN1CCC[C@H]1C(=O)c1c[nH]c2cc(N)ccc12. The second-order valence-corrected chi connectivity index (χ2v) is 5.01. The molecule has 4 nitrogen and oxygen atoms in total. The van der Waals surface area contributed by atoms with Crippen molar-refractivity contribution < 1.29 is 4.79 Å². The lowest BCUT2D eigenvalue weighted by atomic mass is 10.0. The zero-order chi connectivity index (χ0) is 12.7. The number of carbonyl (C=O) groups is 1. The molecule has 2 heterocycles. The number of nitrogens with one attached hydrogen (secondary N) is 1. The molecule has 18 heavy (non-hydrogen) atoms. The Hall–Kier alpha value is -1.81. The predicted molar refractivity (Wildman–Crippen MR) is 72.7 cm³/mol. The molecule has 0 radical (unpaired) electrons. The Balaban J connectivity index is 2.01. The van der Waals surface area contributed by atoms with Crippen molar-refractivity contribution in [2.45, 2.75) is 18.9 Å². The van der Waals surface area contributed by atoms with E-state index < -0.39 is 0 Å². The Morgan fingerprint density at radius 2 is 2.33 bits per heavy atom. The van der Waals surface area contributed by atoms with Gasteiger partial charge in [0.05, 0.1) is 6.04 Å². The van der Waals surface area contributed by atoms with Gasteiger partial charge in [-0.2, -0.15) is 0 Å². The van der Waals surface area contributed by atoms with Gasteiger partial charge in [0.1, 0.15) is 0 Å². The maximum atomic E-state index is 12.5. The van der Waals surface area contributed by atoms with Crippen molar-refractivity contribution in [3.8, 4) is 0 Å². The summed E-state index contributed by atoms with van der Waals surface area (Å²) in [7, 11) is 2.02. The van der Waals surface area contributed by atoms with Gasteiger partial charge in [0, 0.05) is 28.4 Å². The number of likely N-dealkylation sites (N-methyl/N-ethyl adjacent to an activating group) is 1. The third-order valence-electron chi connectivity index (χ3n) is 3.79. The first kappa shape index (κ1) is 11.3. The molecule has 0 spiro atoms. The molecule has 3 N–H and O–H groups in total. The number of nitrogens with two attached hydrogens (primary N) is 1. The minimum absolute atomic E-state index is 0.0292. The number of carbonyl (C=O) groups excluding carboxylic acids is 1. The standard InChI is InChI=1S/C14H17N3O/c1-17-6-2-3-13(17)14(18)11-8-16-12-7-9(15)4-5-10(11)12/h4-5,7-8,13,16H,2-3,6,15H2,1H3/t13-/m0/s1. The number of hydrogen-bond acceptors (Lipinski definition) is 3. The summed E-state index contributed by atoms with van der Waals surface area (Å²) in [4.78, 5) is 17.8. The van der Waals surface area contributed by atoms with Crippen molar-refractivity contribution in [1.82, 2.24) is 9.88 Å². The van der Waals surface area contributed by atoms with Crippen LogP contribution in [0.1, 0.15) is 23.2 Å². The minimum Gasteiger partial charge on any atom is -0.399 e. The Labute approximate surface area is 106 Å². The molecular weight excluding hydrogens is 226 g/mol. The highest BCUT2D eigenvalue weighted by Gasteiger charge is 2.29. The van der Waals surface area contributed by atoms with Gasteiger partial charge >= 0.3 is 0 Å². The molecule has 2 aromatic rings. The molecule has 1 fully saturated rings. The van der Waals surface area contributed by atoms with Crippen LogP contribution in [0.25, 0.3) is 10.9 Å².